The van der Waals surface area contributed by atoms with Crippen LogP contribution < -0.4 is 5.56 Å². The van der Waals surface area contributed by atoms with Gasteiger partial charge in [-0.15, -0.1) is 11.3 Å². The van der Waals surface area contributed by atoms with Crippen molar-refractivity contribution in [2.45, 2.75) is 25.3 Å². The number of benzene rings is 1. The van der Waals surface area contributed by atoms with Gasteiger partial charge in [0.1, 0.15) is 16.0 Å². The van der Waals surface area contributed by atoms with Gasteiger partial charge in [-0.05, 0) is 25.0 Å². The van der Waals surface area contributed by atoms with Crippen LogP contribution in [0.15, 0.2) is 35.1 Å². The lowest BCUT2D eigenvalue weighted by Crippen LogP contribution is -2.24. The lowest BCUT2D eigenvalue weighted by Gasteiger charge is -2.09. The summed E-state index contributed by atoms with van der Waals surface area (Å²) in [6.45, 7) is 0.466. The van der Waals surface area contributed by atoms with Gasteiger partial charge in [-0.25, -0.2) is 9.97 Å². The molecule has 0 bridgehead atoms. The van der Waals surface area contributed by atoms with Gasteiger partial charge in [0.2, 0.25) is 0 Å². The van der Waals surface area contributed by atoms with Crippen LogP contribution in [-0.2, 0) is 6.54 Å². The van der Waals surface area contributed by atoms with E-state index in [2.05, 4.69) is 9.97 Å². The molecule has 6 heteroatoms. The molecule has 21 heavy (non-hydrogen) atoms. The Morgan fingerprint density at radius 3 is 2.86 bits per heavy atom. The van der Waals surface area contributed by atoms with Crippen molar-refractivity contribution >= 4 is 33.2 Å². The minimum atomic E-state index is -0.101. The average molecular weight is 318 g/mol. The van der Waals surface area contributed by atoms with Gasteiger partial charge in [0, 0.05) is 12.0 Å². The third kappa shape index (κ3) is 2.47. The summed E-state index contributed by atoms with van der Waals surface area (Å²) in [5, 5.41) is 1.20. The van der Waals surface area contributed by atoms with Crippen LogP contribution in [0.5, 0.6) is 0 Å². The molecule has 3 aromatic rings. The molecule has 106 valence electrons. The summed E-state index contributed by atoms with van der Waals surface area (Å²) >= 11 is 7.54. The van der Waals surface area contributed by atoms with E-state index in [9.17, 15) is 4.79 Å². The molecule has 0 aliphatic heterocycles. The molecule has 1 aliphatic rings. The van der Waals surface area contributed by atoms with E-state index in [4.69, 9.17) is 11.6 Å². The van der Waals surface area contributed by atoms with Crippen LogP contribution in [0.1, 0.15) is 29.6 Å². The Morgan fingerprint density at radius 1 is 1.29 bits per heavy atom. The van der Waals surface area contributed by atoms with Crippen molar-refractivity contribution in [3.63, 3.8) is 0 Å². The third-order valence-electron chi connectivity index (χ3n) is 3.58. The van der Waals surface area contributed by atoms with Crippen molar-refractivity contribution in [2.24, 2.45) is 0 Å². The van der Waals surface area contributed by atoms with Gasteiger partial charge < -0.3 is 0 Å². The predicted octanol–water partition coefficient (Wildman–Crippen LogP) is 3.43. The topological polar surface area (TPSA) is 47.8 Å². The second kappa shape index (κ2) is 4.93. The van der Waals surface area contributed by atoms with E-state index >= 15 is 0 Å². The number of para-hydroxylation sites is 1. The first kappa shape index (κ1) is 13.0. The molecule has 0 spiro atoms. The van der Waals surface area contributed by atoms with E-state index in [1.54, 1.807) is 15.9 Å². The molecule has 0 saturated heterocycles. The molecule has 1 fully saturated rings. The molecule has 0 N–H and O–H groups in total. The van der Waals surface area contributed by atoms with Crippen molar-refractivity contribution in [3.05, 3.63) is 56.7 Å². The number of hydrogen-bond acceptors (Lipinski definition) is 4. The highest BCUT2D eigenvalue weighted by molar-refractivity contribution is 7.18. The van der Waals surface area contributed by atoms with Gasteiger partial charge in [-0.2, -0.15) is 0 Å². The first-order chi connectivity index (χ1) is 10.2. The Bertz CT molecular complexity index is 849. The fourth-order valence-electron chi connectivity index (χ4n) is 2.43. The number of fused-ring (bicyclic) bond motifs is 1. The molecule has 0 atom stereocenters. The quantitative estimate of drug-likeness (QED) is 0.695. The zero-order chi connectivity index (χ0) is 14.4. The van der Waals surface area contributed by atoms with E-state index in [1.807, 2.05) is 24.3 Å². The van der Waals surface area contributed by atoms with Crippen LogP contribution in [0.4, 0.5) is 0 Å². The maximum absolute atomic E-state index is 12.2. The van der Waals surface area contributed by atoms with E-state index in [0.717, 1.165) is 33.9 Å². The minimum Gasteiger partial charge on any atom is -0.289 e. The molecular weight excluding hydrogens is 306 g/mol. The van der Waals surface area contributed by atoms with E-state index < -0.39 is 0 Å². The van der Waals surface area contributed by atoms with Crippen LogP contribution in [0.2, 0.25) is 5.15 Å². The van der Waals surface area contributed by atoms with Gasteiger partial charge >= 0.3 is 0 Å². The smallest absolute Gasteiger partial charge is 0.255 e. The first-order valence-corrected chi connectivity index (χ1v) is 8.02. The van der Waals surface area contributed by atoms with Gasteiger partial charge in [0.25, 0.3) is 5.56 Å². The van der Waals surface area contributed by atoms with Gasteiger partial charge in [0.15, 0.2) is 0 Å². The normalized spacial score (nSPS) is 14.7. The second-order valence-electron chi connectivity index (χ2n) is 5.21. The molecule has 2 aromatic heterocycles. The number of nitrogens with zero attached hydrogens (tertiary/aromatic N) is 3. The maximum Gasteiger partial charge on any atom is 0.255 e. The lowest BCUT2D eigenvalue weighted by molar-refractivity contribution is 0.667. The first-order valence-electron chi connectivity index (χ1n) is 6.82. The molecule has 4 rings (SSSR count). The van der Waals surface area contributed by atoms with Gasteiger partial charge in [-0.1, -0.05) is 23.7 Å². The zero-order valence-electron chi connectivity index (χ0n) is 11.1. The number of rotatable bonds is 3. The molecule has 1 aromatic carbocycles. The minimum absolute atomic E-state index is 0.101. The van der Waals surface area contributed by atoms with Crippen molar-refractivity contribution in [3.8, 4) is 0 Å². The highest BCUT2D eigenvalue weighted by atomic mass is 35.5. The van der Waals surface area contributed by atoms with Crippen LogP contribution in [0.3, 0.4) is 0 Å². The van der Waals surface area contributed by atoms with Crippen molar-refractivity contribution in [1.29, 1.82) is 0 Å². The van der Waals surface area contributed by atoms with Crippen LogP contribution in [-0.4, -0.2) is 14.5 Å². The summed E-state index contributed by atoms with van der Waals surface area (Å²) in [6, 6.07) is 9.37. The molecular formula is C15H12ClN3OS. The van der Waals surface area contributed by atoms with E-state index in [1.165, 1.54) is 6.07 Å². The molecule has 0 amide bonds. The number of thiazole rings is 1. The SMILES string of the molecule is O=c1cc(Cl)nc(C2CC2)n1Cc1nc2ccccc2s1. The van der Waals surface area contributed by atoms with Gasteiger partial charge in [0.05, 0.1) is 16.8 Å². The molecule has 0 radical (unpaired) electrons. The van der Waals surface area contributed by atoms with E-state index in [0.29, 0.717) is 12.5 Å². The predicted molar refractivity (Wildman–Crippen MR) is 84.2 cm³/mol. The fraction of sp³-hybridized carbons (Fsp3) is 0.267. The molecule has 1 aliphatic carbocycles. The maximum atomic E-state index is 12.2. The van der Waals surface area contributed by atoms with Crippen LogP contribution >= 0.6 is 22.9 Å². The second-order valence-corrected chi connectivity index (χ2v) is 6.71. The summed E-state index contributed by atoms with van der Waals surface area (Å²) < 4.78 is 2.84. The summed E-state index contributed by atoms with van der Waals surface area (Å²) in [5.74, 6) is 1.16. The Balaban J connectivity index is 1.78. The standard InChI is InChI=1S/C15H12ClN3OS/c16-12-7-14(20)19(15(18-12)9-5-6-9)8-13-17-10-3-1-2-4-11(10)21-13/h1-4,7,9H,5-6,8H2. The van der Waals surface area contributed by atoms with Crippen LogP contribution in [0.25, 0.3) is 10.2 Å². The number of hydrogen-bond donors (Lipinski definition) is 0. The monoisotopic (exact) mass is 317 g/mol. The Labute approximate surface area is 130 Å². The lowest BCUT2D eigenvalue weighted by atomic mass is 10.3. The summed E-state index contributed by atoms with van der Waals surface area (Å²) in [5.41, 5.74) is 0.872. The highest BCUT2D eigenvalue weighted by Gasteiger charge is 2.29. The average Bonchev–Trinajstić information content (AvgIpc) is 3.21. The number of aromatic nitrogens is 3. The zero-order valence-corrected chi connectivity index (χ0v) is 12.7. The van der Waals surface area contributed by atoms with E-state index in [-0.39, 0.29) is 10.7 Å². The highest BCUT2D eigenvalue weighted by Crippen LogP contribution is 2.39. The van der Waals surface area contributed by atoms with Gasteiger partial charge in [-0.3, -0.25) is 9.36 Å². The van der Waals surface area contributed by atoms with Crippen molar-refractivity contribution in [2.75, 3.05) is 0 Å². The summed E-state index contributed by atoms with van der Waals surface area (Å²) in [6.07, 6.45) is 2.15. The Morgan fingerprint density at radius 2 is 2.10 bits per heavy atom. The number of halogens is 1. The molecule has 1 saturated carbocycles. The molecule has 2 heterocycles. The van der Waals surface area contributed by atoms with Crippen molar-refractivity contribution in [1.82, 2.24) is 14.5 Å². The molecule has 4 nitrogen and oxygen atoms in total. The van der Waals surface area contributed by atoms with Crippen molar-refractivity contribution < 1.29 is 0 Å². The summed E-state index contributed by atoms with van der Waals surface area (Å²) in [7, 11) is 0. The Hall–Kier alpha value is -1.72. The largest absolute Gasteiger partial charge is 0.289 e. The van der Waals surface area contributed by atoms with Crippen LogP contribution in [0, 0.1) is 0 Å². The Kier molecular flexibility index (Phi) is 3.05. The fourth-order valence-corrected chi connectivity index (χ4v) is 3.57. The third-order valence-corrected chi connectivity index (χ3v) is 4.80. The summed E-state index contributed by atoms with van der Waals surface area (Å²) in [4.78, 5) is 21.2. The molecule has 0 unspecified atom stereocenters.